The maximum Gasteiger partial charge on any atom is 0.410 e. The molecule has 0 aliphatic carbocycles. The number of aromatic amines is 2. The molecule has 1 fully saturated rings. The van der Waals surface area contributed by atoms with Crippen molar-refractivity contribution in [1.29, 1.82) is 0 Å². The quantitative estimate of drug-likeness (QED) is 0.127. The van der Waals surface area contributed by atoms with Crippen molar-refractivity contribution in [1.82, 2.24) is 35.1 Å². The van der Waals surface area contributed by atoms with Crippen molar-refractivity contribution >= 4 is 61.2 Å². The lowest BCUT2D eigenvalue weighted by Gasteiger charge is -2.27. The lowest BCUT2D eigenvalue weighted by atomic mass is 10.1. The molecule has 6 aromatic rings. The number of hydrogen-bond acceptors (Lipinski definition) is 9. The predicted octanol–water partition coefficient (Wildman–Crippen LogP) is 8.73. The Morgan fingerprint density at radius 2 is 1.68 bits per heavy atom. The van der Waals surface area contributed by atoms with Gasteiger partial charge in [-0.25, -0.2) is 19.6 Å². The average molecular weight is 754 g/mol. The number of likely N-dealkylation sites (tertiary alicyclic amines) is 1. The molecule has 3 N–H and O–H groups in total. The first-order valence-electron chi connectivity index (χ1n) is 17.8. The minimum atomic E-state index is -0.639. The number of thiophene rings is 2. The van der Waals surface area contributed by atoms with Crippen LogP contribution in [0.25, 0.3) is 52.6 Å². The third kappa shape index (κ3) is 8.08. The first kappa shape index (κ1) is 36.2. The van der Waals surface area contributed by atoms with Gasteiger partial charge in [0, 0.05) is 32.2 Å². The van der Waals surface area contributed by atoms with Crippen molar-refractivity contribution in [2.75, 3.05) is 26.7 Å². The van der Waals surface area contributed by atoms with Crippen LogP contribution in [0.15, 0.2) is 60.8 Å². The first-order valence-corrected chi connectivity index (χ1v) is 19.4. The lowest BCUT2D eigenvalue weighted by Crippen LogP contribution is -2.40. The molecule has 0 bridgehead atoms. The Morgan fingerprint density at radius 1 is 0.981 bits per heavy atom. The number of benzene rings is 2. The zero-order valence-electron chi connectivity index (χ0n) is 30.4. The molecule has 1 saturated heterocycles. The highest BCUT2D eigenvalue weighted by Gasteiger charge is 2.35. The van der Waals surface area contributed by atoms with Gasteiger partial charge in [0.05, 0.1) is 42.6 Å². The van der Waals surface area contributed by atoms with E-state index in [1.54, 1.807) is 38.7 Å². The van der Waals surface area contributed by atoms with Gasteiger partial charge in [0.15, 0.2) is 0 Å². The number of amides is 3. The van der Waals surface area contributed by atoms with Crippen LogP contribution in [-0.2, 0) is 20.8 Å². The average Bonchev–Trinajstić information content (AvgIpc) is 3.97. The second kappa shape index (κ2) is 15.0. The summed E-state index contributed by atoms with van der Waals surface area (Å²) in [7, 11) is 1.26. The number of alkyl carbamates (subject to hydrolysis) is 1. The van der Waals surface area contributed by atoms with Gasteiger partial charge in [0.2, 0.25) is 5.91 Å². The molecule has 0 radical (unpaired) electrons. The Hall–Kier alpha value is -5.21. The molecule has 1 unspecified atom stereocenters. The van der Waals surface area contributed by atoms with E-state index in [2.05, 4.69) is 73.5 Å². The molecule has 0 spiro atoms. The number of carbonyl (C=O) groups is 3. The molecule has 1 aliphatic rings. The predicted molar refractivity (Wildman–Crippen MR) is 209 cm³/mol. The number of hydrogen-bond donors (Lipinski definition) is 3. The van der Waals surface area contributed by atoms with E-state index < -0.39 is 11.7 Å². The number of carbonyl (C=O) groups excluding carboxylic acids is 3. The van der Waals surface area contributed by atoms with E-state index in [1.807, 2.05) is 33.8 Å². The largest absolute Gasteiger partial charge is 0.453 e. The SMILES string of the molecule is CCCN(Cc1ncc(-c2ccc(-c3cc4sc(-c5ccc6nc(C7CCCN7C(=O)OC(C)(C)C)[nH]c6c5)cc4s3)cc2)[nH]1)C(=O)CNC(=O)OC. The van der Waals surface area contributed by atoms with Gasteiger partial charge in [-0.3, -0.25) is 9.69 Å². The van der Waals surface area contributed by atoms with E-state index in [1.165, 1.54) is 26.3 Å². The van der Waals surface area contributed by atoms with Gasteiger partial charge in [0.1, 0.15) is 23.8 Å². The van der Waals surface area contributed by atoms with Crippen LogP contribution >= 0.6 is 22.7 Å². The minimum absolute atomic E-state index is 0.125. The molecule has 3 amide bonds. The molecule has 276 valence electrons. The number of aromatic nitrogens is 4. The fraction of sp³-hybridized carbons (Fsp3) is 0.359. The number of ether oxygens (including phenoxy) is 2. The normalized spacial score (nSPS) is 14.6. The summed E-state index contributed by atoms with van der Waals surface area (Å²) >= 11 is 3.55. The number of imidazole rings is 2. The molecule has 0 saturated carbocycles. The summed E-state index contributed by atoms with van der Waals surface area (Å²) in [6, 6.07) is 19.1. The van der Waals surface area contributed by atoms with E-state index in [-0.39, 0.29) is 24.6 Å². The van der Waals surface area contributed by atoms with Gasteiger partial charge in [-0.15, -0.1) is 22.7 Å². The Balaban J connectivity index is 1.02. The summed E-state index contributed by atoms with van der Waals surface area (Å²) in [5, 5.41) is 2.45. The standard InChI is InChI=1S/C39H43N7O5S2/c1-6-15-45(35(47)21-41-37(48)50-5)22-34-40-20-28(42-34)23-9-11-24(12-10-23)30-18-32-33(52-30)19-31(53-32)25-13-14-26-27(17-25)44-36(43-26)29-8-7-16-46(29)38(49)51-39(2,3)4/h9-14,17-20,29H,6-8,15-16,21-22H2,1-5H3,(H,40,42)(H,41,48)(H,43,44). The molecule has 1 atom stereocenters. The van der Waals surface area contributed by atoms with E-state index >= 15 is 0 Å². The van der Waals surface area contributed by atoms with Crippen LogP contribution in [-0.4, -0.2) is 80.2 Å². The molecule has 12 nitrogen and oxygen atoms in total. The summed E-state index contributed by atoms with van der Waals surface area (Å²) < 4.78 is 12.7. The van der Waals surface area contributed by atoms with E-state index in [9.17, 15) is 14.4 Å². The highest BCUT2D eigenvalue weighted by molar-refractivity contribution is 7.31. The molecule has 5 heterocycles. The number of rotatable bonds is 10. The Morgan fingerprint density at radius 3 is 2.38 bits per heavy atom. The van der Waals surface area contributed by atoms with Crippen molar-refractivity contribution in [3.8, 4) is 32.1 Å². The molecule has 2 aromatic carbocycles. The van der Waals surface area contributed by atoms with Crippen LogP contribution in [0.2, 0.25) is 0 Å². The second-order valence-corrected chi connectivity index (χ2v) is 16.3. The van der Waals surface area contributed by atoms with E-state index in [0.29, 0.717) is 25.5 Å². The fourth-order valence-corrected chi connectivity index (χ4v) is 8.93. The third-order valence-electron chi connectivity index (χ3n) is 9.05. The summed E-state index contributed by atoms with van der Waals surface area (Å²) in [5.41, 5.74) is 5.42. The van der Waals surface area contributed by atoms with Crippen molar-refractivity contribution < 1.29 is 23.9 Å². The Kier molecular flexibility index (Phi) is 10.3. The highest BCUT2D eigenvalue weighted by atomic mass is 32.1. The molecular formula is C39H43N7O5S2. The third-order valence-corrected chi connectivity index (χ3v) is 11.4. The molecule has 7 rings (SSSR count). The molecular weight excluding hydrogens is 711 g/mol. The smallest absolute Gasteiger partial charge is 0.410 e. The van der Waals surface area contributed by atoms with Gasteiger partial charge in [-0.2, -0.15) is 0 Å². The Labute approximate surface area is 315 Å². The summed E-state index contributed by atoms with van der Waals surface area (Å²) in [5.74, 6) is 1.27. The van der Waals surface area contributed by atoms with Gasteiger partial charge in [-0.1, -0.05) is 37.3 Å². The van der Waals surface area contributed by atoms with Gasteiger partial charge in [0.25, 0.3) is 0 Å². The molecule has 53 heavy (non-hydrogen) atoms. The summed E-state index contributed by atoms with van der Waals surface area (Å²) in [4.78, 5) is 59.1. The van der Waals surface area contributed by atoms with Crippen LogP contribution in [0.4, 0.5) is 9.59 Å². The lowest BCUT2D eigenvalue weighted by molar-refractivity contribution is -0.130. The maximum absolute atomic E-state index is 12.9. The molecule has 14 heteroatoms. The monoisotopic (exact) mass is 753 g/mol. The topological polar surface area (TPSA) is 146 Å². The van der Waals surface area contributed by atoms with Crippen LogP contribution in [0.1, 0.15) is 64.6 Å². The van der Waals surface area contributed by atoms with Crippen molar-refractivity contribution in [3.63, 3.8) is 0 Å². The number of methoxy groups -OCH3 is 1. The van der Waals surface area contributed by atoms with Crippen LogP contribution in [0.5, 0.6) is 0 Å². The highest BCUT2D eigenvalue weighted by Crippen LogP contribution is 2.42. The van der Waals surface area contributed by atoms with Crippen LogP contribution in [0.3, 0.4) is 0 Å². The number of nitrogens with zero attached hydrogens (tertiary/aromatic N) is 4. The van der Waals surface area contributed by atoms with E-state index in [0.717, 1.165) is 58.5 Å². The van der Waals surface area contributed by atoms with Crippen LogP contribution in [0, 0.1) is 0 Å². The summed E-state index contributed by atoms with van der Waals surface area (Å²) in [6.45, 7) is 9.04. The number of H-pyrrole nitrogens is 2. The zero-order valence-corrected chi connectivity index (χ0v) is 32.1. The van der Waals surface area contributed by atoms with Gasteiger partial charge >= 0.3 is 12.2 Å². The van der Waals surface area contributed by atoms with Crippen LogP contribution < -0.4 is 5.32 Å². The Bertz CT molecular complexity index is 2230. The van der Waals surface area contributed by atoms with E-state index in [4.69, 9.17) is 9.72 Å². The maximum atomic E-state index is 12.9. The number of nitrogens with one attached hydrogen (secondary N) is 3. The summed E-state index contributed by atoms with van der Waals surface area (Å²) in [6.07, 6.45) is 3.39. The van der Waals surface area contributed by atoms with Crippen molar-refractivity contribution in [3.05, 3.63) is 72.4 Å². The first-order chi connectivity index (χ1) is 25.5. The van der Waals surface area contributed by atoms with Gasteiger partial charge in [-0.05, 0) is 81.0 Å². The van der Waals surface area contributed by atoms with Crippen molar-refractivity contribution in [2.45, 2.75) is 65.1 Å². The number of fused-ring (bicyclic) bond motifs is 2. The zero-order chi connectivity index (χ0) is 37.3. The minimum Gasteiger partial charge on any atom is -0.453 e. The molecule has 1 aliphatic heterocycles. The van der Waals surface area contributed by atoms with Gasteiger partial charge < -0.3 is 29.7 Å². The molecule has 4 aromatic heterocycles. The van der Waals surface area contributed by atoms with Crippen molar-refractivity contribution in [2.24, 2.45) is 0 Å². The second-order valence-electron chi connectivity index (χ2n) is 14.1. The fourth-order valence-electron chi connectivity index (χ4n) is 6.53.